The largest absolute Gasteiger partial charge is 0.348 e. The van der Waals surface area contributed by atoms with E-state index in [0.29, 0.717) is 30.4 Å². The van der Waals surface area contributed by atoms with E-state index >= 15 is 0 Å². The molecular weight excluding hydrogens is 230 g/mol. The molecule has 1 aliphatic heterocycles. The second kappa shape index (κ2) is 5.50. The van der Waals surface area contributed by atoms with Gasteiger partial charge in [0.25, 0.3) is 5.91 Å². The van der Waals surface area contributed by atoms with Crippen LogP contribution in [0, 0.1) is 11.8 Å². The number of hydrogen-bond donors (Lipinski definition) is 2. The van der Waals surface area contributed by atoms with Crippen LogP contribution in [0.15, 0.2) is 5.10 Å². The maximum Gasteiger partial charge on any atom is 0.267 e. The molecule has 2 rings (SSSR count). The highest BCUT2D eigenvalue weighted by atomic mass is 16.2. The Balaban J connectivity index is 1.89. The van der Waals surface area contributed by atoms with Crippen molar-refractivity contribution in [1.82, 2.24) is 10.7 Å². The fourth-order valence-electron chi connectivity index (χ4n) is 2.97. The van der Waals surface area contributed by atoms with Crippen LogP contribution in [-0.4, -0.2) is 23.6 Å². The van der Waals surface area contributed by atoms with Gasteiger partial charge in [0, 0.05) is 18.9 Å². The van der Waals surface area contributed by atoms with E-state index in [-0.39, 0.29) is 17.9 Å². The molecule has 2 aliphatic rings. The summed E-state index contributed by atoms with van der Waals surface area (Å²) < 4.78 is 0. The van der Waals surface area contributed by atoms with Crippen LogP contribution in [0.4, 0.5) is 0 Å². The molecule has 5 nitrogen and oxygen atoms in total. The Morgan fingerprint density at radius 1 is 1.22 bits per heavy atom. The minimum Gasteiger partial charge on any atom is -0.348 e. The number of nitrogens with zero attached hydrogens (tertiary/aromatic N) is 1. The molecule has 0 bridgehead atoms. The third-order valence-electron chi connectivity index (χ3n) is 3.68. The lowest BCUT2D eigenvalue weighted by molar-refractivity contribution is -0.121. The molecule has 0 aromatic heterocycles. The van der Waals surface area contributed by atoms with E-state index in [1.807, 2.05) is 0 Å². The number of amides is 2. The monoisotopic (exact) mass is 251 g/mol. The Morgan fingerprint density at radius 2 is 1.89 bits per heavy atom. The number of hydrazone groups is 1. The predicted octanol–water partition coefficient (Wildman–Crippen LogP) is 1.19. The molecule has 1 heterocycles. The van der Waals surface area contributed by atoms with Crippen LogP contribution in [0.2, 0.25) is 0 Å². The Hall–Kier alpha value is -1.39. The van der Waals surface area contributed by atoms with Crippen molar-refractivity contribution in [3.63, 3.8) is 0 Å². The summed E-state index contributed by atoms with van der Waals surface area (Å²) in [4.78, 5) is 23.0. The van der Waals surface area contributed by atoms with E-state index in [0.717, 1.165) is 12.8 Å². The number of nitrogens with one attached hydrogen (secondary N) is 2. The lowest BCUT2D eigenvalue weighted by Crippen LogP contribution is -2.44. The van der Waals surface area contributed by atoms with Gasteiger partial charge in [-0.3, -0.25) is 9.59 Å². The molecule has 0 saturated heterocycles. The minimum atomic E-state index is -0.124. The molecule has 1 fully saturated rings. The molecule has 1 saturated carbocycles. The molecule has 1 aliphatic carbocycles. The highest BCUT2D eigenvalue weighted by Gasteiger charge is 2.27. The second-order valence-electron chi connectivity index (χ2n) is 5.68. The van der Waals surface area contributed by atoms with Crippen molar-refractivity contribution in [2.75, 3.05) is 0 Å². The summed E-state index contributed by atoms with van der Waals surface area (Å²) in [5, 5.41) is 6.86. The second-order valence-corrected chi connectivity index (χ2v) is 5.68. The zero-order chi connectivity index (χ0) is 13.1. The van der Waals surface area contributed by atoms with E-state index in [1.165, 1.54) is 6.42 Å². The van der Waals surface area contributed by atoms with Crippen LogP contribution in [0.1, 0.15) is 46.0 Å². The minimum absolute atomic E-state index is 0.119. The van der Waals surface area contributed by atoms with Crippen LogP contribution in [-0.2, 0) is 9.59 Å². The van der Waals surface area contributed by atoms with Gasteiger partial charge in [0.15, 0.2) is 0 Å². The summed E-state index contributed by atoms with van der Waals surface area (Å²) >= 11 is 0. The van der Waals surface area contributed by atoms with Gasteiger partial charge in [0.2, 0.25) is 5.91 Å². The smallest absolute Gasteiger partial charge is 0.267 e. The van der Waals surface area contributed by atoms with Crippen LogP contribution in [0.5, 0.6) is 0 Å². The molecule has 100 valence electrons. The molecule has 5 heteroatoms. The van der Waals surface area contributed by atoms with Gasteiger partial charge in [-0.25, -0.2) is 5.43 Å². The van der Waals surface area contributed by atoms with Crippen molar-refractivity contribution in [1.29, 1.82) is 0 Å². The summed E-state index contributed by atoms with van der Waals surface area (Å²) in [6.45, 7) is 4.46. The zero-order valence-electron chi connectivity index (χ0n) is 11.0. The van der Waals surface area contributed by atoms with Gasteiger partial charge in [-0.2, -0.15) is 5.10 Å². The normalized spacial score (nSPS) is 32.4. The van der Waals surface area contributed by atoms with Gasteiger partial charge in [-0.1, -0.05) is 13.8 Å². The van der Waals surface area contributed by atoms with Gasteiger partial charge >= 0.3 is 0 Å². The topological polar surface area (TPSA) is 70.6 Å². The van der Waals surface area contributed by atoms with E-state index < -0.39 is 0 Å². The molecule has 2 amide bonds. The molecule has 2 atom stereocenters. The Kier molecular flexibility index (Phi) is 3.99. The van der Waals surface area contributed by atoms with Crippen molar-refractivity contribution < 1.29 is 9.59 Å². The fourth-order valence-corrected chi connectivity index (χ4v) is 2.97. The molecule has 2 unspecified atom stereocenters. The molecule has 18 heavy (non-hydrogen) atoms. The van der Waals surface area contributed by atoms with Crippen LogP contribution in [0.25, 0.3) is 0 Å². The summed E-state index contributed by atoms with van der Waals surface area (Å²) in [7, 11) is 0. The quantitative estimate of drug-likeness (QED) is 0.774. The first-order valence-corrected chi connectivity index (χ1v) is 6.71. The van der Waals surface area contributed by atoms with E-state index in [9.17, 15) is 9.59 Å². The van der Waals surface area contributed by atoms with Crippen LogP contribution in [0.3, 0.4) is 0 Å². The molecule has 0 radical (unpaired) electrons. The van der Waals surface area contributed by atoms with Crippen molar-refractivity contribution in [2.45, 2.75) is 52.0 Å². The number of hydrogen-bond acceptors (Lipinski definition) is 3. The number of rotatable bonds is 2. The fraction of sp³-hybridized carbons (Fsp3) is 0.769. The lowest BCUT2D eigenvalue weighted by atomic mass is 9.80. The predicted molar refractivity (Wildman–Crippen MR) is 68.9 cm³/mol. The van der Waals surface area contributed by atoms with Crippen molar-refractivity contribution in [2.24, 2.45) is 16.9 Å². The molecular formula is C13H21N3O2. The first kappa shape index (κ1) is 13.1. The maximum absolute atomic E-state index is 12.0. The average molecular weight is 251 g/mol. The van der Waals surface area contributed by atoms with Gasteiger partial charge in [-0.15, -0.1) is 0 Å². The van der Waals surface area contributed by atoms with E-state index in [1.54, 1.807) is 0 Å². The Morgan fingerprint density at radius 3 is 2.44 bits per heavy atom. The third kappa shape index (κ3) is 3.31. The highest BCUT2D eigenvalue weighted by molar-refractivity contribution is 6.39. The summed E-state index contributed by atoms with van der Waals surface area (Å²) in [5.74, 6) is 1.08. The lowest BCUT2D eigenvalue weighted by Gasteiger charge is -2.32. The standard InChI is InChI=1S/C13H21N3O2/c1-8-5-9(2)7-10(6-8)14-13(18)11-3-4-12(17)16-15-11/h8-10H,3-7H2,1-2H3,(H,14,18)(H,16,17). The number of carbonyl (C=O) groups is 2. The van der Waals surface area contributed by atoms with Crippen molar-refractivity contribution in [3.8, 4) is 0 Å². The number of carbonyl (C=O) groups excluding carboxylic acids is 2. The zero-order valence-corrected chi connectivity index (χ0v) is 11.0. The summed E-state index contributed by atoms with van der Waals surface area (Å²) in [5.41, 5.74) is 2.80. The van der Waals surface area contributed by atoms with Crippen molar-refractivity contribution in [3.05, 3.63) is 0 Å². The summed E-state index contributed by atoms with van der Waals surface area (Å²) in [6.07, 6.45) is 4.11. The van der Waals surface area contributed by atoms with Crippen molar-refractivity contribution >= 4 is 17.5 Å². The van der Waals surface area contributed by atoms with Crippen LogP contribution >= 0.6 is 0 Å². The van der Waals surface area contributed by atoms with E-state index in [4.69, 9.17) is 0 Å². The SMILES string of the molecule is CC1CC(C)CC(NC(=O)C2=NNC(=O)CC2)C1. The van der Waals surface area contributed by atoms with Gasteiger partial charge in [0.05, 0.1) is 0 Å². The molecule has 0 aromatic carbocycles. The maximum atomic E-state index is 12.0. The molecule has 0 spiro atoms. The Labute approximate surface area is 107 Å². The van der Waals surface area contributed by atoms with Crippen LogP contribution < -0.4 is 10.7 Å². The first-order chi connectivity index (χ1) is 8.54. The van der Waals surface area contributed by atoms with Gasteiger partial charge in [0.1, 0.15) is 5.71 Å². The third-order valence-corrected chi connectivity index (χ3v) is 3.68. The molecule has 2 N–H and O–H groups in total. The average Bonchev–Trinajstić information content (AvgIpc) is 2.28. The summed E-state index contributed by atoms with van der Waals surface area (Å²) in [6, 6.07) is 0.247. The Bertz CT molecular complexity index is 368. The van der Waals surface area contributed by atoms with Gasteiger partial charge in [-0.05, 0) is 31.1 Å². The highest BCUT2D eigenvalue weighted by Crippen LogP contribution is 2.28. The molecule has 0 aromatic rings. The first-order valence-electron chi connectivity index (χ1n) is 6.71. The van der Waals surface area contributed by atoms with Gasteiger partial charge < -0.3 is 5.32 Å². The van der Waals surface area contributed by atoms with E-state index in [2.05, 4.69) is 29.7 Å².